The highest BCUT2D eigenvalue weighted by Gasteiger charge is 2.20. The van der Waals surface area contributed by atoms with Crippen molar-refractivity contribution in [3.8, 4) is 5.69 Å². The number of hydrogen-bond donors (Lipinski definition) is 0. The van der Waals surface area contributed by atoms with Crippen molar-refractivity contribution in [3.05, 3.63) is 71.0 Å². The molecule has 0 spiro atoms. The molecule has 0 bridgehead atoms. The standard InChI is InChI=1S/C21H16FN5O/c1-2-10-26-12-23-19-17(21(26)28)18-20(25-16-9-4-3-8-15(16)24-18)27(19)14-7-5-6-13(22)11-14/h3-9,11-12H,2,10H2,1H3. The van der Waals surface area contributed by atoms with Gasteiger partial charge in [0.15, 0.2) is 11.3 Å². The average Bonchev–Trinajstić information content (AvgIpc) is 3.02. The lowest BCUT2D eigenvalue weighted by atomic mass is 10.3. The van der Waals surface area contributed by atoms with E-state index in [1.54, 1.807) is 21.3 Å². The highest BCUT2D eigenvalue weighted by atomic mass is 19.1. The van der Waals surface area contributed by atoms with Gasteiger partial charge in [-0.25, -0.2) is 19.3 Å². The third-order valence-corrected chi connectivity index (χ3v) is 4.76. The van der Waals surface area contributed by atoms with Crippen molar-refractivity contribution >= 4 is 33.2 Å². The van der Waals surface area contributed by atoms with E-state index in [-0.39, 0.29) is 11.4 Å². The molecule has 0 saturated heterocycles. The molecule has 0 atom stereocenters. The highest BCUT2D eigenvalue weighted by molar-refractivity contribution is 6.05. The van der Waals surface area contributed by atoms with E-state index in [2.05, 4.69) is 4.98 Å². The van der Waals surface area contributed by atoms with Gasteiger partial charge in [0.05, 0.1) is 23.0 Å². The monoisotopic (exact) mass is 373 g/mol. The third-order valence-electron chi connectivity index (χ3n) is 4.76. The van der Waals surface area contributed by atoms with Crippen LogP contribution in [0.4, 0.5) is 4.39 Å². The fourth-order valence-electron chi connectivity index (χ4n) is 3.53. The van der Waals surface area contributed by atoms with Crippen LogP contribution in [-0.2, 0) is 6.54 Å². The van der Waals surface area contributed by atoms with E-state index in [1.807, 2.05) is 31.2 Å². The average molecular weight is 373 g/mol. The molecule has 5 aromatic rings. The fraction of sp³-hybridized carbons (Fsp3) is 0.143. The zero-order valence-corrected chi connectivity index (χ0v) is 15.1. The van der Waals surface area contributed by atoms with Crippen molar-refractivity contribution in [2.75, 3.05) is 0 Å². The number of aryl methyl sites for hydroxylation is 1. The van der Waals surface area contributed by atoms with Gasteiger partial charge in [-0.1, -0.05) is 25.1 Å². The number of benzene rings is 2. The first-order chi connectivity index (χ1) is 13.7. The summed E-state index contributed by atoms with van der Waals surface area (Å²) in [6.45, 7) is 2.56. The van der Waals surface area contributed by atoms with Crippen LogP contribution in [0.2, 0.25) is 0 Å². The minimum atomic E-state index is -0.374. The van der Waals surface area contributed by atoms with Gasteiger partial charge in [-0.05, 0) is 36.8 Å². The lowest BCUT2D eigenvalue weighted by Gasteiger charge is -2.07. The van der Waals surface area contributed by atoms with Crippen LogP contribution in [-0.4, -0.2) is 24.1 Å². The Kier molecular flexibility index (Phi) is 3.68. The van der Waals surface area contributed by atoms with Crippen LogP contribution >= 0.6 is 0 Å². The first kappa shape index (κ1) is 16.6. The number of rotatable bonds is 3. The van der Waals surface area contributed by atoms with E-state index in [1.165, 1.54) is 18.5 Å². The SMILES string of the molecule is CCCn1cnc2c(c1=O)c1nc3ccccc3nc1n2-c1cccc(F)c1. The maximum absolute atomic E-state index is 13.9. The normalized spacial score (nSPS) is 11.6. The van der Waals surface area contributed by atoms with Crippen molar-refractivity contribution in [3.63, 3.8) is 0 Å². The summed E-state index contributed by atoms with van der Waals surface area (Å²) in [6.07, 6.45) is 2.34. The summed E-state index contributed by atoms with van der Waals surface area (Å²) in [7, 11) is 0. The van der Waals surface area contributed by atoms with Gasteiger partial charge in [0.1, 0.15) is 16.7 Å². The second-order valence-corrected chi connectivity index (χ2v) is 6.64. The molecule has 0 unspecified atom stereocenters. The van der Waals surface area contributed by atoms with Gasteiger partial charge in [0.2, 0.25) is 0 Å². The van der Waals surface area contributed by atoms with Gasteiger partial charge < -0.3 is 0 Å². The molecule has 0 aliphatic heterocycles. The fourth-order valence-corrected chi connectivity index (χ4v) is 3.53. The Hall–Kier alpha value is -3.61. The van der Waals surface area contributed by atoms with Crippen molar-refractivity contribution in [1.29, 1.82) is 0 Å². The molecular weight excluding hydrogens is 357 g/mol. The zero-order valence-electron chi connectivity index (χ0n) is 15.1. The lowest BCUT2D eigenvalue weighted by molar-refractivity contribution is 0.627. The number of fused-ring (bicyclic) bond motifs is 4. The maximum Gasteiger partial charge on any atom is 0.265 e. The molecule has 0 fully saturated rings. The molecule has 28 heavy (non-hydrogen) atoms. The molecule has 0 radical (unpaired) electrons. The number of halogens is 1. The molecule has 3 aromatic heterocycles. The Balaban J connectivity index is 2.00. The van der Waals surface area contributed by atoms with Crippen LogP contribution in [0.5, 0.6) is 0 Å². The molecular formula is C21H16FN5O. The molecule has 7 heteroatoms. The minimum Gasteiger partial charge on any atom is -0.299 e. The van der Waals surface area contributed by atoms with E-state index < -0.39 is 0 Å². The Bertz CT molecular complexity index is 1420. The summed E-state index contributed by atoms with van der Waals surface area (Å²) < 4.78 is 17.2. The Morgan fingerprint density at radius 2 is 1.79 bits per heavy atom. The molecule has 0 aliphatic carbocycles. The van der Waals surface area contributed by atoms with Crippen LogP contribution in [0.25, 0.3) is 38.9 Å². The largest absolute Gasteiger partial charge is 0.299 e. The summed E-state index contributed by atoms with van der Waals surface area (Å²) in [6, 6.07) is 13.6. The first-order valence-corrected chi connectivity index (χ1v) is 9.09. The Morgan fingerprint density at radius 1 is 1.00 bits per heavy atom. The molecule has 0 saturated carbocycles. The zero-order chi connectivity index (χ0) is 19.3. The molecule has 6 nitrogen and oxygen atoms in total. The summed E-state index contributed by atoms with van der Waals surface area (Å²) in [5, 5.41) is 0.397. The van der Waals surface area contributed by atoms with Crippen LogP contribution < -0.4 is 5.56 Å². The molecule has 0 aliphatic rings. The molecule has 0 amide bonds. The second kappa shape index (κ2) is 6.23. The van der Waals surface area contributed by atoms with Gasteiger partial charge in [-0.3, -0.25) is 13.9 Å². The molecule has 5 rings (SSSR count). The predicted octanol–water partition coefficient (Wildman–Crippen LogP) is 3.83. The van der Waals surface area contributed by atoms with Crippen molar-refractivity contribution in [1.82, 2.24) is 24.1 Å². The molecule has 0 N–H and O–H groups in total. The van der Waals surface area contributed by atoms with Gasteiger partial charge >= 0.3 is 0 Å². The van der Waals surface area contributed by atoms with Gasteiger partial charge in [-0.15, -0.1) is 0 Å². The Labute approximate surface area is 158 Å². The highest BCUT2D eigenvalue weighted by Crippen LogP contribution is 2.28. The predicted molar refractivity (Wildman–Crippen MR) is 106 cm³/mol. The maximum atomic E-state index is 13.9. The van der Waals surface area contributed by atoms with Crippen LogP contribution in [0, 0.1) is 5.82 Å². The Morgan fingerprint density at radius 3 is 2.54 bits per heavy atom. The van der Waals surface area contributed by atoms with E-state index in [0.717, 1.165) is 6.42 Å². The quantitative estimate of drug-likeness (QED) is 0.482. The summed E-state index contributed by atoms with van der Waals surface area (Å²) >= 11 is 0. The third kappa shape index (κ3) is 2.40. The summed E-state index contributed by atoms with van der Waals surface area (Å²) in [5.41, 5.74) is 3.15. The van der Waals surface area contributed by atoms with Crippen molar-refractivity contribution in [2.45, 2.75) is 19.9 Å². The van der Waals surface area contributed by atoms with E-state index in [4.69, 9.17) is 9.97 Å². The number of para-hydroxylation sites is 2. The van der Waals surface area contributed by atoms with Gasteiger partial charge in [0, 0.05) is 6.54 Å². The first-order valence-electron chi connectivity index (χ1n) is 9.09. The second-order valence-electron chi connectivity index (χ2n) is 6.64. The lowest BCUT2D eigenvalue weighted by Crippen LogP contribution is -2.20. The van der Waals surface area contributed by atoms with E-state index >= 15 is 0 Å². The molecule has 138 valence electrons. The van der Waals surface area contributed by atoms with Crippen molar-refractivity contribution in [2.24, 2.45) is 0 Å². The minimum absolute atomic E-state index is 0.170. The van der Waals surface area contributed by atoms with E-state index in [9.17, 15) is 9.18 Å². The number of nitrogens with zero attached hydrogens (tertiary/aromatic N) is 5. The summed E-state index contributed by atoms with van der Waals surface area (Å²) in [5.74, 6) is -0.374. The topological polar surface area (TPSA) is 65.6 Å². The van der Waals surface area contributed by atoms with E-state index in [0.29, 0.717) is 45.5 Å². The number of hydrogen-bond acceptors (Lipinski definition) is 4. The number of aromatic nitrogens is 5. The van der Waals surface area contributed by atoms with Crippen molar-refractivity contribution < 1.29 is 4.39 Å². The summed E-state index contributed by atoms with van der Waals surface area (Å²) in [4.78, 5) is 27.1. The van der Waals surface area contributed by atoms with Gasteiger partial charge in [-0.2, -0.15) is 0 Å². The van der Waals surface area contributed by atoms with Crippen LogP contribution in [0.1, 0.15) is 13.3 Å². The van der Waals surface area contributed by atoms with Crippen LogP contribution in [0.3, 0.4) is 0 Å². The molecule has 2 aromatic carbocycles. The van der Waals surface area contributed by atoms with Gasteiger partial charge in [0.25, 0.3) is 5.56 Å². The molecule has 3 heterocycles. The smallest absolute Gasteiger partial charge is 0.265 e. The van der Waals surface area contributed by atoms with Crippen LogP contribution in [0.15, 0.2) is 59.7 Å².